The van der Waals surface area contributed by atoms with Gasteiger partial charge in [-0.15, -0.1) is 0 Å². The maximum atomic E-state index is 11.0. The van der Waals surface area contributed by atoms with E-state index in [1.165, 1.54) is 0 Å². The summed E-state index contributed by atoms with van der Waals surface area (Å²) in [4.78, 5) is 11.0. The van der Waals surface area contributed by atoms with Gasteiger partial charge >= 0.3 is 6.09 Å². The predicted octanol–water partition coefficient (Wildman–Crippen LogP) is 2.27. The van der Waals surface area contributed by atoms with Gasteiger partial charge in [-0.1, -0.05) is 6.07 Å². The Labute approximate surface area is 92.2 Å². The van der Waals surface area contributed by atoms with Crippen LogP contribution in [0.15, 0.2) is 18.2 Å². The monoisotopic (exact) mass is 220 g/mol. The molecule has 5 heteroatoms. The highest BCUT2D eigenvalue weighted by molar-refractivity contribution is 5.93. The number of hydrogen-bond acceptors (Lipinski definition) is 3. The summed E-state index contributed by atoms with van der Waals surface area (Å²) < 4.78 is 6.41. The lowest BCUT2D eigenvalue weighted by atomic mass is 10.2. The van der Waals surface area contributed by atoms with Crippen LogP contribution >= 0.6 is 0 Å². The first-order chi connectivity index (χ1) is 7.65. The lowest BCUT2D eigenvalue weighted by Gasteiger charge is -2.04. The molecule has 0 saturated heterocycles. The number of carboxylic acid groups (broad SMARTS) is 1. The lowest BCUT2D eigenvalue weighted by molar-refractivity contribution is 0.194. The Kier molecular flexibility index (Phi) is 2.52. The van der Waals surface area contributed by atoms with E-state index in [9.17, 15) is 4.79 Å². The fourth-order valence-electron chi connectivity index (χ4n) is 1.74. The van der Waals surface area contributed by atoms with Crippen LogP contribution in [-0.4, -0.2) is 27.6 Å². The van der Waals surface area contributed by atoms with Gasteiger partial charge in [0.25, 0.3) is 0 Å². The summed E-state index contributed by atoms with van der Waals surface area (Å²) in [5.41, 5.74) is 1.21. The minimum Gasteiger partial charge on any atom is -0.493 e. The summed E-state index contributed by atoms with van der Waals surface area (Å²) in [6.45, 7) is 4.19. The highest BCUT2D eigenvalue weighted by atomic mass is 16.5. The molecule has 0 saturated carbocycles. The zero-order valence-corrected chi connectivity index (χ0v) is 9.10. The number of carbonyl (C=O) groups is 1. The van der Waals surface area contributed by atoms with Crippen LogP contribution in [0.3, 0.4) is 0 Å². The quantitative estimate of drug-likeness (QED) is 0.843. The van der Waals surface area contributed by atoms with Crippen LogP contribution in [0.5, 0.6) is 5.75 Å². The zero-order valence-electron chi connectivity index (χ0n) is 9.10. The van der Waals surface area contributed by atoms with Crippen LogP contribution in [0.25, 0.3) is 10.9 Å². The van der Waals surface area contributed by atoms with Crippen molar-refractivity contribution in [3.05, 3.63) is 23.9 Å². The molecule has 0 unspecified atom stereocenters. The Bertz CT molecular complexity index is 545. The van der Waals surface area contributed by atoms with Crippen molar-refractivity contribution >= 4 is 17.0 Å². The molecule has 0 amide bonds. The van der Waals surface area contributed by atoms with Crippen molar-refractivity contribution in [1.82, 2.24) is 9.78 Å². The van der Waals surface area contributed by atoms with Gasteiger partial charge in [-0.3, -0.25) is 0 Å². The zero-order chi connectivity index (χ0) is 11.7. The summed E-state index contributed by atoms with van der Waals surface area (Å²) in [5.74, 6) is 0.671. The summed E-state index contributed by atoms with van der Waals surface area (Å²) in [5, 5.41) is 13.7. The number of benzene rings is 1. The molecule has 5 nitrogen and oxygen atoms in total. The largest absolute Gasteiger partial charge is 0.493 e. The molecule has 0 atom stereocenters. The van der Waals surface area contributed by atoms with E-state index < -0.39 is 6.09 Å². The molecule has 0 spiro atoms. The number of nitrogens with zero attached hydrogens (tertiary/aromatic N) is 2. The Morgan fingerprint density at radius 1 is 1.56 bits per heavy atom. The van der Waals surface area contributed by atoms with Crippen molar-refractivity contribution in [3.8, 4) is 5.75 Å². The highest BCUT2D eigenvalue weighted by Crippen LogP contribution is 2.28. The molecular weight excluding hydrogens is 208 g/mol. The Morgan fingerprint density at radius 3 is 2.94 bits per heavy atom. The maximum absolute atomic E-state index is 11.0. The van der Waals surface area contributed by atoms with Gasteiger partial charge in [-0.25, -0.2) is 4.79 Å². The van der Waals surface area contributed by atoms with Crippen LogP contribution < -0.4 is 4.74 Å². The summed E-state index contributed by atoms with van der Waals surface area (Å²) >= 11 is 0. The molecular formula is C11H12N2O3. The minimum absolute atomic E-state index is 0.538. The number of fused-ring (bicyclic) bond motifs is 1. The summed E-state index contributed by atoms with van der Waals surface area (Å²) in [7, 11) is 0. The normalized spacial score (nSPS) is 10.6. The smallest absolute Gasteiger partial charge is 0.432 e. The minimum atomic E-state index is -1.09. The van der Waals surface area contributed by atoms with Gasteiger partial charge in [0.2, 0.25) is 0 Å². The summed E-state index contributed by atoms with van der Waals surface area (Å²) in [6, 6.07) is 5.28. The molecule has 16 heavy (non-hydrogen) atoms. The number of aromatic nitrogens is 2. The van der Waals surface area contributed by atoms with Gasteiger partial charge in [0.05, 0.1) is 23.2 Å². The first-order valence-corrected chi connectivity index (χ1v) is 4.99. The van der Waals surface area contributed by atoms with E-state index in [0.29, 0.717) is 23.6 Å². The van der Waals surface area contributed by atoms with Crippen LogP contribution in [0.1, 0.15) is 12.6 Å². The van der Waals surface area contributed by atoms with Crippen molar-refractivity contribution in [1.29, 1.82) is 0 Å². The third-order valence-corrected chi connectivity index (χ3v) is 2.33. The molecule has 2 aromatic rings. The van der Waals surface area contributed by atoms with Crippen molar-refractivity contribution in [2.45, 2.75) is 13.8 Å². The molecule has 1 heterocycles. The molecule has 1 aromatic carbocycles. The Hall–Kier alpha value is -2.04. The SMILES string of the molecule is CCOc1cccc2c1c(C)nn2C(=O)O. The molecule has 0 aliphatic carbocycles. The van der Waals surface area contributed by atoms with Crippen LogP contribution in [-0.2, 0) is 0 Å². The maximum Gasteiger partial charge on any atom is 0.432 e. The number of aryl methyl sites for hydroxylation is 1. The van der Waals surface area contributed by atoms with Crippen molar-refractivity contribution < 1.29 is 14.6 Å². The molecule has 84 valence electrons. The van der Waals surface area contributed by atoms with Gasteiger partial charge in [0.1, 0.15) is 5.75 Å². The standard InChI is InChI=1S/C11H12N2O3/c1-3-16-9-6-4-5-8-10(9)7(2)12-13(8)11(14)15/h4-6H,3H2,1-2H3,(H,14,15). The van der Waals surface area contributed by atoms with E-state index in [4.69, 9.17) is 9.84 Å². The van der Waals surface area contributed by atoms with Crippen LogP contribution in [0.2, 0.25) is 0 Å². The molecule has 2 rings (SSSR count). The average Bonchev–Trinajstić information content (AvgIpc) is 2.58. The number of hydrogen-bond donors (Lipinski definition) is 1. The van der Waals surface area contributed by atoms with Gasteiger partial charge in [0, 0.05) is 0 Å². The second kappa shape index (κ2) is 3.84. The lowest BCUT2D eigenvalue weighted by Crippen LogP contribution is -2.09. The van der Waals surface area contributed by atoms with E-state index in [-0.39, 0.29) is 0 Å². The predicted molar refractivity (Wildman–Crippen MR) is 59.1 cm³/mol. The third kappa shape index (κ3) is 1.50. The second-order valence-electron chi connectivity index (χ2n) is 3.36. The molecule has 0 radical (unpaired) electrons. The van der Waals surface area contributed by atoms with Gasteiger partial charge in [0.15, 0.2) is 0 Å². The molecule has 0 aliphatic rings. The first-order valence-electron chi connectivity index (χ1n) is 4.99. The topological polar surface area (TPSA) is 64.4 Å². The van der Waals surface area contributed by atoms with Gasteiger partial charge in [-0.05, 0) is 26.0 Å². The van der Waals surface area contributed by atoms with Crippen LogP contribution in [0, 0.1) is 6.92 Å². The van der Waals surface area contributed by atoms with E-state index in [1.54, 1.807) is 19.1 Å². The average molecular weight is 220 g/mol. The fourth-order valence-corrected chi connectivity index (χ4v) is 1.74. The third-order valence-electron chi connectivity index (χ3n) is 2.33. The number of rotatable bonds is 2. The molecule has 1 aromatic heterocycles. The molecule has 1 N–H and O–H groups in total. The molecule has 0 fully saturated rings. The summed E-state index contributed by atoms with van der Waals surface area (Å²) in [6.07, 6.45) is -1.09. The van der Waals surface area contributed by atoms with Crippen LogP contribution in [0.4, 0.5) is 4.79 Å². The van der Waals surface area contributed by atoms with Crippen molar-refractivity contribution in [2.24, 2.45) is 0 Å². The molecule has 0 aliphatic heterocycles. The van der Waals surface area contributed by atoms with Crippen molar-refractivity contribution in [2.75, 3.05) is 6.61 Å². The number of ether oxygens (including phenoxy) is 1. The van der Waals surface area contributed by atoms with E-state index >= 15 is 0 Å². The fraction of sp³-hybridized carbons (Fsp3) is 0.273. The Morgan fingerprint density at radius 2 is 2.31 bits per heavy atom. The van der Waals surface area contributed by atoms with E-state index in [1.807, 2.05) is 13.0 Å². The highest BCUT2D eigenvalue weighted by Gasteiger charge is 2.15. The second-order valence-corrected chi connectivity index (χ2v) is 3.36. The Balaban J connectivity index is 2.74. The molecule has 0 bridgehead atoms. The van der Waals surface area contributed by atoms with Crippen molar-refractivity contribution in [3.63, 3.8) is 0 Å². The van der Waals surface area contributed by atoms with E-state index in [2.05, 4.69) is 5.10 Å². The first kappa shape index (κ1) is 10.5. The van der Waals surface area contributed by atoms with E-state index in [0.717, 1.165) is 10.1 Å². The van der Waals surface area contributed by atoms with Gasteiger partial charge in [-0.2, -0.15) is 9.78 Å². The van der Waals surface area contributed by atoms with Gasteiger partial charge < -0.3 is 9.84 Å².